The molecule has 0 saturated heterocycles. The van der Waals surface area contributed by atoms with E-state index < -0.39 is 30.3 Å². The van der Waals surface area contributed by atoms with E-state index in [9.17, 15) is 23.2 Å². The standard InChI is InChI=1S/C19H18F2N4O4/c1-23(9-12-2-6-15(7-3-12)29-18(20)21)16(26)11-25-17(27)13(8-22)10-24(19(25)28)14-4-5-14/h2-3,6-7,10,14,18H,4-5,9,11H2,1H3. The van der Waals surface area contributed by atoms with Crippen LogP contribution in [0, 0.1) is 11.3 Å². The van der Waals surface area contributed by atoms with Gasteiger partial charge in [0.05, 0.1) is 0 Å². The number of hydrogen-bond donors (Lipinski definition) is 0. The lowest BCUT2D eigenvalue weighted by atomic mass is 10.2. The van der Waals surface area contributed by atoms with Gasteiger partial charge in [-0.05, 0) is 30.5 Å². The number of likely N-dealkylation sites (N-methyl/N-ethyl adjacent to an activating group) is 1. The molecule has 2 aromatic rings. The molecule has 1 heterocycles. The molecule has 10 heteroatoms. The molecule has 0 spiro atoms. The first-order valence-corrected chi connectivity index (χ1v) is 8.84. The van der Waals surface area contributed by atoms with Crippen molar-refractivity contribution < 1.29 is 18.3 Å². The quantitative estimate of drug-likeness (QED) is 0.696. The van der Waals surface area contributed by atoms with Crippen LogP contribution in [-0.4, -0.2) is 33.6 Å². The normalized spacial score (nSPS) is 13.2. The zero-order chi connectivity index (χ0) is 21.1. The van der Waals surface area contributed by atoms with Crippen molar-refractivity contribution in [2.24, 2.45) is 0 Å². The maximum atomic E-state index is 12.6. The number of rotatable bonds is 7. The summed E-state index contributed by atoms with van der Waals surface area (Å²) in [6, 6.07) is 7.49. The number of carbonyl (C=O) groups excluding carboxylic acids is 1. The smallest absolute Gasteiger partial charge is 0.387 e. The molecule has 0 aliphatic heterocycles. The van der Waals surface area contributed by atoms with Gasteiger partial charge in [0.25, 0.3) is 5.56 Å². The highest BCUT2D eigenvalue weighted by Gasteiger charge is 2.27. The molecular weight excluding hydrogens is 386 g/mol. The Morgan fingerprint density at radius 1 is 1.31 bits per heavy atom. The summed E-state index contributed by atoms with van der Waals surface area (Å²) >= 11 is 0. The molecule has 1 aromatic carbocycles. The number of aromatic nitrogens is 2. The Balaban J connectivity index is 1.75. The van der Waals surface area contributed by atoms with E-state index in [1.807, 2.05) is 0 Å². The Hall–Kier alpha value is -3.48. The van der Waals surface area contributed by atoms with Crippen LogP contribution in [0.1, 0.15) is 30.0 Å². The van der Waals surface area contributed by atoms with Crippen LogP contribution in [0.5, 0.6) is 5.75 Å². The van der Waals surface area contributed by atoms with Crippen LogP contribution in [0.25, 0.3) is 0 Å². The van der Waals surface area contributed by atoms with E-state index in [1.54, 1.807) is 6.07 Å². The summed E-state index contributed by atoms with van der Waals surface area (Å²) in [5.74, 6) is -0.507. The van der Waals surface area contributed by atoms with Crippen LogP contribution in [0.4, 0.5) is 8.78 Å². The summed E-state index contributed by atoms with van der Waals surface area (Å²) in [6.07, 6.45) is 2.81. The molecule has 0 unspecified atom stereocenters. The first kappa shape index (κ1) is 20.3. The Morgan fingerprint density at radius 2 is 1.97 bits per heavy atom. The first-order chi connectivity index (χ1) is 13.8. The predicted octanol–water partition coefficient (Wildman–Crippen LogP) is 1.48. The molecule has 1 saturated carbocycles. The van der Waals surface area contributed by atoms with E-state index >= 15 is 0 Å². The van der Waals surface area contributed by atoms with Crippen molar-refractivity contribution in [1.82, 2.24) is 14.0 Å². The first-order valence-electron chi connectivity index (χ1n) is 8.84. The molecule has 1 amide bonds. The monoisotopic (exact) mass is 404 g/mol. The summed E-state index contributed by atoms with van der Waals surface area (Å²) in [5.41, 5.74) is -0.964. The fourth-order valence-corrected chi connectivity index (χ4v) is 2.85. The lowest BCUT2D eigenvalue weighted by Crippen LogP contribution is -2.44. The van der Waals surface area contributed by atoms with Gasteiger partial charge >= 0.3 is 12.3 Å². The highest BCUT2D eigenvalue weighted by atomic mass is 19.3. The Kier molecular flexibility index (Phi) is 5.77. The average Bonchev–Trinajstić information content (AvgIpc) is 3.51. The largest absolute Gasteiger partial charge is 0.435 e. The van der Waals surface area contributed by atoms with Crippen LogP contribution < -0.4 is 16.0 Å². The molecule has 8 nitrogen and oxygen atoms in total. The zero-order valence-electron chi connectivity index (χ0n) is 15.5. The number of alkyl halides is 2. The van der Waals surface area contributed by atoms with Crippen LogP contribution >= 0.6 is 0 Å². The second-order valence-corrected chi connectivity index (χ2v) is 6.74. The van der Waals surface area contributed by atoms with Gasteiger partial charge in [-0.1, -0.05) is 12.1 Å². The van der Waals surface area contributed by atoms with Gasteiger partial charge in [0.15, 0.2) is 0 Å². The van der Waals surface area contributed by atoms with Crippen molar-refractivity contribution >= 4 is 5.91 Å². The Bertz CT molecular complexity index is 1070. The third-order valence-corrected chi connectivity index (χ3v) is 4.54. The molecule has 0 N–H and O–H groups in total. The minimum atomic E-state index is -2.92. The third kappa shape index (κ3) is 4.68. The van der Waals surface area contributed by atoms with Crippen molar-refractivity contribution in [3.05, 3.63) is 62.4 Å². The molecule has 0 atom stereocenters. The topological polar surface area (TPSA) is 97.3 Å². The van der Waals surface area contributed by atoms with Crippen LogP contribution in [0.3, 0.4) is 0 Å². The lowest BCUT2D eigenvalue weighted by molar-refractivity contribution is -0.131. The Labute approximate surface area is 164 Å². The van der Waals surface area contributed by atoms with Crippen LogP contribution in [0.15, 0.2) is 40.1 Å². The molecule has 0 bridgehead atoms. The summed E-state index contributed by atoms with van der Waals surface area (Å²) in [4.78, 5) is 38.7. The van der Waals surface area contributed by atoms with Crippen molar-refractivity contribution in [1.29, 1.82) is 5.26 Å². The van der Waals surface area contributed by atoms with E-state index in [2.05, 4.69) is 4.74 Å². The highest BCUT2D eigenvalue weighted by molar-refractivity contribution is 5.75. The van der Waals surface area contributed by atoms with E-state index in [-0.39, 0.29) is 23.9 Å². The summed E-state index contributed by atoms with van der Waals surface area (Å²) in [5, 5.41) is 9.14. The average molecular weight is 404 g/mol. The van der Waals surface area contributed by atoms with Gasteiger partial charge in [0, 0.05) is 25.8 Å². The number of hydrogen-bond acceptors (Lipinski definition) is 5. The third-order valence-electron chi connectivity index (χ3n) is 4.54. The van der Waals surface area contributed by atoms with Crippen molar-refractivity contribution in [3.63, 3.8) is 0 Å². The molecule has 1 aliphatic carbocycles. The summed E-state index contributed by atoms with van der Waals surface area (Å²) < 4.78 is 30.8. The van der Waals surface area contributed by atoms with Gasteiger partial charge < -0.3 is 9.64 Å². The second kappa shape index (κ2) is 8.26. The lowest BCUT2D eigenvalue weighted by Gasteiger charge is -2.18. The van der Waals surface area contributed by atoms with Crippen LogP contribution in [-0.2, 0) is 17.9 Å². The van der Waals surface area contributed by atoms with E-state index in [0.717, 1.165) is 17.4 Å². The number of amides is 1. The SMILES string of the molecule is CN(Cc1ccc(OC(F)F)cc1)C(=O)Cn1c(=O)c(C#N)cn(C2CC2)c1=O. The van der Waals surface area contributed by atoms with E-state index in [0.29, 0.717) is 5.56 Å². The van der Waals surface area contributed by atoms with E-state index in [1.165, 1.54) is 47.0 Å². The fraction of sp³-hybridized carbons (Fsp3) is 0.368. The number of benzene rings is 1. The molecule has 1 aromatic heterocycles. The number of halogens is 2. The minimum Gasteiger partial charge on any atom is -0.435 e. The van der Waals surface area contributed by atoms with Crippen molar-refractivity contribution in [2.75, 3.05) is 7.05 Å². The number of carbonyl (C=O) groups is 1. The minimum absolute atomic E-state index is 0.00164. The van der Waals surface area contributed by atoms with Crippen molar-refractivity contribution in [3.8, 4) is 11.8 Å². The fourth-order valence-electron chi connectivity index (χ4n) is 2.85. The number of nitriles is 1. The zero-order valence-corrected chi connectivity index (χ0v) is 15.5. The van der Waals surface area contributed by atoms with Gasteiger partial charge in [-0.25, -0.2) is 9.36 Å². The van der Waals surface area contributed by atoms with Crippen LogP contribution in [0.2, 0.25) is 0 Å². The second-order valence-electron chi connectivity index (χ2n) is 6.74. The number of ether oxygens (including phenoxy) is 1. The van der Waals surface area contributed by atoms with Gasteiger partial charge in [0.2, 0.25) is 5.91 Å². The van der Waals surface area contributed by atoms with E-state index in [4.69, 9.17) is 5.26 Å². The molecule has 29 heavy (non-hydrogen) atoms. The Morgan fingerprint density at radius 3 is 2.52 bits per heavy atom. The molecular formula is C19H18F2N4O4. The summed E-state index contributed by atoms with van der Waals surface area (Å²) in [7, 11) is 1.49. The highest BCUT2D eigenvalue weighted by Crippen LogP contribution is 2.33. The van der Waals surface area contributed by atoms with Crippen molar-refractivity contribution in [2.45, 2.75) is 38.6 Å². The molecule has 3 rings (SSSR count). The summed E-state index contributed by atoms with van der Waals surface area (Å²) in [6.45, 7) is -3.28. The molecule has 1 aliphatic rings. The van der Waals surface area contributed by atoms with Gasteiger partial charge in [-0.15, -0.1) is 0 Å². The molecule has 152 valence electrons. The van der Waals surface area contributed by atoms with Gasteiger partial charge in [0.1, 0.15) is 23.9 Å². The number of nitrogens with zero attached hydrogens (tertiary/aromatic N) is 4. The van der Waals surface area contributed by atoms with Gasteiger partial charge in [-0.2, -0.15) is 14.0 Å². The molecule has 1 fully saturated rings. The predicted molar refractivity (Wildman–Crippen MR) is 97.5 cm³/mol. The molecule has 0 radical (unpaired) electrons. The maximum absolute atomic E-state index is 12.6. The maximum Gasteiger partial charge on any atom is 0.387 e. The van der Waals surface area contributed by atoms with Gasteiger partial charge in [-0.3, -0.25) is 14.2 Å².